The number of amides is 1. The number of aryl methyl sites for hydroxylation is 1. The van der Waals surface area contributed by atoms with Crippen molar-refractivity contribution >= 4 is 11.7 Å². The molecule has 2 aromatic rings. The van der Waals surface area contributed by atoms with Crippen molar-refractivity contribution in [2.24, 2.45) is 0 Å². The molecule has 0 radical (unpaired) electrons. The second-order valence-corrected chi connectivity index (χ2v) is 7.42. The highest BCUT2D eigenvalue weighted by Crippen LogP contribution is 2.32. The van der Waals surface area contributed by atoms with E-state index in [-0.39, 0.29) is 11.7 Å². The van der Waals surface area contributed by atoms with Crippen LogP contribution in [-0.4, -0.2) is 24.3 Å². The Morgan fingerprint density at radius 2 is 1.63 bits per heavy atom. The lowest BCUT2D eigenvalue weighted by molar-refractivity contribution is 0.0713. The predicted molar refractivity (Wildman–Crippen MR) is 107 cm³/mol. The van der Waals surface area contributed by atoms with Gasteiger partial charge >= 0.3 is 0 Å². The van der Waals surface area contributed by atoms with Crippen LogP contribution in [0.2, 0.25) is 0 Å². The normalized spacial score (nSPS) is 15.8. The number of rotatable bonds is 5. The molecule has 0 atom stereocenters. The Labute approximate surface area is 160 Å². The molecule has 1 N–H and O–H groups in total. The molecule has 4 heteroatoms. The van der Waals surface area contributed by atoms with Crippen molar-refractivity contribution in [1.29, 1.82) is 0 Å². The quantitative estimate of drug-likeness (QED) is 0.786. The summed E-state index contributed by atoms with van der Waals surface area (Å²) in [6.07, 6.45) is 4.32. The molecule has 0 saturated heterocycles. The molecule has 0 aliphatic heterocycles. The lowest BCUT2D eigenvalue weighted by Gasteiger charge is -2.37. The smallest absolute Gasteiger partial charge is 0.252 e. The maximum Gasteiger partial charge on any atom is 0.252 e. The van der Waals surface area contributed by atoms with Crippen LogP contribution < -0.4 is 10.1 Å². The lowest BCUT2D eigenvalue weighted by Crippen LogP contribution is -2.55. The van der Waals surface area contributed by atoms with Crippen molar-refractivity contribution in [1.82, 2.24) is 5.32 Å². The summed E-state index contributed by atoms with van der Waals surface area (Å²) in [6, 6.07) is 13.0. The number of carbonyl (C=O) groups is 2. The number of methoxy groups -OCH3 is 1. The zero-order valence-electron chi connectivity index (χ0n) is 16.3. The number of Topliss-reactive ketones (excluding diaryl/α,β-unsaturated/α-hetero) is 1. The minimum atomic E-state index is -0.833. The molecule has 1 amide bonds. The molecular weight excluding hydrogens is 338 g/mol. The van der Waals surface area contributed by atoms with Gasteiger partial charge in [0.1, 0.15) is 11.3 Å². The van der Waals surface area contributed by atoms with E-state index in [2.05, 4.69) is 5.32 Å². The Balaban J connectivity index is 1.92. The first-order chi connectivity index (χ1) is 13.0. The van der Waals surface area contributed by atoms with Crippen molar-refractivity contribution in [2.75, 3.05) is 7.11 Å². The van der Waals surface area contributed by atoms with Crippen LogP contribution in [0.4, 0.5) is 0 Å². The van der Waals surface area contributed by atoms with E-state index < -0.39 is 5.54 Å². The van der Waals surface area contributed by atoms with Crippen molar-refractivity contribution in [2.45, 2.75) is 51.5 Å². The summed E-state index contributed by atoms with van der Waals surface area (Å²) in [6.45, 7) is 3.86. The van der Waals surface area contributed by atoms with E-state index in [1.807, 2.05) is 44.2 Å². The minimum Gasteiger partial charge on any atom is -0.496 e. The summed E-state index contributed by atoms with van der Waals surface area (Å²) in [7, 11) is 1.59. The molecule has 1 saturated carbocycles. The number of nitrogens with one attached hydrogen (secondary N) is 1. The van der Waals surface area contributed by atoms with Crippen molar-refractivity contribution in [3.05, 3.63) is 64.7 Å². The largest absolute Gasteiger partial charge is 0.496 e. The number of carbonyl (C=O) groups excluding carboxylic acids is 2. The summed E-state index contributed by atoms with van der Waals surface area (Å²) in [5.41, 5.74) is 2.27. The number of hydrogen-bond donors (Lipinski definition) is 1. The van der Waals surface area contributed by atoms with E-state index >= 15 is 0 Å². The van der Waals surface area contributed by atoms with Crippen LogP contribution in [0.3, 0.4) is 0 Å². The summed E-state index contributed by atoms with van der Waals surface area (Å²) >= 11 is 0. The third-order valence-corrected chi connectivity index (χ3v) is 5.56. The summed E-state index contributed by atoms with van der Waals surface area (Å²) in [5, 5.41) is 3.11. The average Bonchev–Trinajstić information content (AvgIpc) is 2.69. The number of benzene rings is 2. The third kappa shape index (κ3) is 3.90. The molecule has 4 nitrogen and oxygen atoms in total. The van der Waals surface area contributed by atoms with Crippen molar-refractivity contribution < 1.29 is 14.3 Å². The molecule has 142 valence electrons. The zero-order chi connectivity index (χ0) is 19.4. The minimum absolute atomic E-state index is 0.0103. The Bertz CT molecular complexity index is 833. The van der Waals surface area contributed by atoms with Crippen LogP contribution in [0.5, 0.6) is 5.75 Å². The Morgan fingerprint density at radius 1 is 0.963 bits per heavy atom. The molecule has 0 unspecified atom stereocenters. The van der Waals surface area contributed by atoms with Gasteiger partial charge in [-0.05, 0) is 38.8 Å². The average molecular weight is 365 g/mol. The van der Waals surface area contributed by atoms with Crippen LogP contribution in [0.1, 0.15) is 63.9 Å². The first-order valence-corrected chi connectivity index (χ1v) is 9.54. The maximum atomic E-state index is 13.4. The fourth-order valence-corrected chi connectivity index (χ4v) is 3.91. The highest BCUT2D eigenvalue weighted by Gasteiger charge is 2.41. The van der Waals surface area contributed by atoms with E-state index in [9.17, 15) is 9.59 Å². The molecule has 0 spiro atoms. The van der Waals surface area contributed by atoms with Crippen molar-refractivity contribution in [3.8, 4) is 5.75 Å². The van der Waals surface area contributed by atoms with E-state index in [0.29, 0.717) is 29.7 Å². The fourth-order valence-electron chi connectivity index (χ4n) is 3.91. The van der Waals surface area contributed by atoms with Crippen LogP contribution in [-0.2, 0) is 0 Å². The van der Waals surface area contributed by atoms with Gasteiger partial charge in [0.25, 0.3) is 5.91 Å². The Kier molecular flexibility index (Phi) is 5.64. The number of hydrogen-bond acceptors (Lipinski definition) is 3. The number of ketones is 1. The topological polar surface area (TPSA) is 55.4 Å². The SMILES string of the molecule is COc1cccc(C(=O)NC2(C(=O)c3ccc(C)cc3)CCCCC2)c1C. The Morgan fingerprint density at radius 3 is 2.26 bits per heavy atom. The van der Waals surface area contributed by atoms with Gasteiger partial charge in [0.05, 0.1) is 7.11 Å². The van der Waals surface area contributed by atoms with Gasteiger partial charge in [0, 0.05) is 16.7 Å². The van der Waals surface area contributed by atoms with Crippen LogP contribution >= 0.6 is 0 Å². The second kappa shape index (κ2) is 7.95. The fraction of sp³-hybridized carbons (Fsp3) is 0.391. The van der Waals surface area contributed by atoms with E-state index in [4.69, 9.17) is 4.74 Å². The number of ether oxygens (including phenoxy) is 1. The zero-order valence-corrected chi connectivity index (χ0v) is 16.3. The van der Waals surface area contributed by atoms with Gasteiger partial charge in [-0.15, -0.1) is 0 Å². The summed E-state index contributed by atoms with van der Waals surface area (Å²) in [5.74, 6) is 0.468. The van der Waals surface area contributed by atoms with Gasteiger partial charge in [0.2, 0.25) is 0 Å². The Hall–Kier alpha value is -2.62. The molecule has 3 rings (SSSR count). The first-order valence-electron chi connectivity index (χ1n) is 9.54. The molecule has 0 heterocycles. The predicted octanol–water partition coefficient (Wildman–Crippen LogP) is 4.63. The van der Waals surface area contributed by atoms with Gasteiger partial charge in [0.15, 0.2) is 5.78 Å². The standard InChI is InChI=1S/C23H27NO3/c1-16-10-12-18(13-11-16)21(25)23(14-5-4-6-15-23)24-22(26)19-8-7-9-20(27-3)17(19)2/h7-13H,4-6,14-15H2,1-3H3,(H,24,26). The monoisotopic (exact) mass is 365 g/mol. The van der Waals surface area contributed by atoms with Gasteiger partial charge in [-0.1, -0.05) is 55.2 Å². The van der Waals surface area contributed by atoms with Gasteiger partial charge in [-0.25, -0.2) is 0 Å². The second-order valence-electron chi connectivity index (χ2n) is 7.42. The molecular formula is C23H27NO3. The molecule has 1 aliphatic carbocycles. The van der Waals surface area contributed by atoms with Gasteiger partial charge in [-0.2, -0.15) is 0 Å². The third-order valence-electron chi connectivity index (χ3n) is 5.56. The van der Waals surface area contributed by atoms with Crippen LogP contribution in [0, 0.1) is 13.8 Å². The van der Waals surface area contributed by atoms with E-state index in [0.717, 1.165) is 30.4 Å². The molecule has 2 aromatic carbocycles. The molecule has 0 aromatic heterocycles. The molecule has 1 aliphatic rings. The molecule has 1 fully saturated rings. The van der Waals surface area contributed by atoms with Crippen molar-refractivity contribution in [3.63, 3.8) is 0 Å². The highest BCUT2D eigenvalue weighted by molar-refractivity contribution is 6.07. The summed E-state index contributed by atoms with van der Waals surface area (Å²) < 4.78 is 5.33. The first kappa shape index (κ1) is 19.2. The molecule has 27 heavy (non-hydrogen) atoms. The molecule has 0 bridgehead atoms. The van der Waals surface area contributed by atoms with Crippen LogP contribution in [0.15, 0.2) is 42.5 Å². The van der Waals surface area contributed by atoms with E-state index in [1.54, 1.807) is 19.2 Å². The maximum absolute atomic E-state index is 13.4. The van der Waals surface area contributed by atoms with Gasteiger partial charge < -0.3 is 10.1 Å². The highest BCUT2D eigenvalue weighted by atomic mass is 16.5. The van der Waals surface area contributed by atoms with Gasteiger partial charge in [-0.3, -0.25) is 9.59 Å². The lowest BCUT2D eigenvalue weighted by atomic mass is 9.76. The van der Waals surface area contributed by atoms with Crippen LogP contribution in [0.25, 0.3) is 0 Å². The summed E-state index contributed by atoms with van der Waals surface area (Å²) in [4.78, 5) is 26.4. The van der Waals surface area contributed by atoms with E-state index in [1.165, 1.54) is 0 Å².